The Labute approximate surface area is 128 Å². The van der Waals surface area contributed by atoms with Crippen molar-refractivity contribution >= 4 is 11.6 Å². The van der Waals surface area contributed by atoms with E-state index < -0.39 is 0 Å². The Kier molecular flexibility index (Phi) is 5.79. The number of anilines is 2. The summed E-state index contributed by atoms with van der Waals surface area (Å²) in [4.78, 5) is 9.04. The van der Waals surface area contributed by atoms with Gasteiger partial charge in [0.1, 0.15) is 17.5 Å². The molecule has 0 aliphatic heterocycles. The van der Waals surface area contributed by atoms with Crippen LogP contribution in [0.2, 0.25) is 0 Å². The van der Waals surface area contributed by atoms with Crippen LogP contribution in [0, 0.1) is 12.8 Å². The monoisotopic (exact) mass is 291 g/mol. The number of aryl methyl sites for hydroxylation is 1. The molecule has 0 unspecified atom stereocenters. The van der Waals surface area contributed by atoms with Gasteiger partial charge in [0.2, 0.25) is 0 Å². The Hall–Kier alpha value is -1.36. The SMILES string of the molecule is CCCC1CCC(Nc2nc(CC)nc(NN)c2C)CC1. The molecule has 1 aliphatic carbocycles. The summed E-state index contributed by atoms with van der Waals surface area (Å²) >= 11 is 0. The first-order valence-corrected chi connectivity index (χ1v) is 8.28. The fraction of sp³-hybridized carbons (Fsp3) is 0.750. The topological polar surface area (TPSA) is 75.9 Å². The Morgan fingerprint density at radius 2 is 1.76 bits per heavy atom. The van der Waals surface area contributed by atoms with E-state index in [0.717, 1.165) is 35.4 Å². The van der Waals surface area contributed by atoms with Gasteiger partial charge in [-0.05, 0) is 38.5 Å². The summed E-state index contributed by atoms with van der Waals surface area (Å²) in [5.41, 5.74) is 3.69. The minimum Gasteiger partial charge on any atom is -0.367 e. The van der Waals surface area contributed by atoms with Crippen molar-refractivity contribution in [2.45, 2.75) is 71.8 Å². The number of rotatable bonds is 6. The summed E-state index contributed by atoms with van der Waals surface area (Å²) in [6.45, 7) is 6.35. The van der Waals surface area contributed by atoms with Crippen molar-refractivity contribution in [2.75, 3.05) is 10.7 Å². The second kappa shape index (κ2) is 7.59. The molecule has 0 bridgehead atoms. The molecule has 1 fully saturated rings. The van der Waals surface area contributed by atoms with Gasteiger partial charge in [0, 0.05) is 18.0 Å². The third kappa shape index (κ3) is 4.06. The van der Waals surface area contributed by atoms with Crippen LogP contribution in [-0.4, -0.2) is 16.0 Å². The largest absolute Gasteiger partial charge is 0.367 e. The summed E-state index contributed by atoms with van der Waals surface area (Å²) in [5, 5.41) is 3.61. The first-order chi connectivity index (χ1) is 10.2. The van der Waals surface area contributed by atoms with E-state index in [4.69, 9.17) is 5.84 Å². The standard InChI is InChI=1S/C16H29N5/c1-4-6-12-7-9-13(10-8-12)18-15-11(3)16(21-17)20-14(5-2)19-15/h12-13H,4-10,17H2,1-3H3,(H2,18,19,20,21). The van der Waals surface area contributed by atoms with Crippen LogP contribution in [0.3, 0.4) is 0 Å². The normalized spacial score (nSPS) is 22.1. The van der Waals surface area contributed by atoms with Gasteiger partial charge in [0.15, 0.2) is 0 Å². The van der Waals surface area contributed by atoms with Gasteiger partial charge in [-0.2, -0.15) is 0 Å². The van der Waals surface area contributed by atoms with Crippen molar-refractivity contribution in [1.82, 2.24) is 9.97 Å². The Bertz CT molecular complexity index is 452. The van der Waals surface area contributed by atoms with Crippen LogP contribution >= 0.6 is 0 Å². The molecular weight excluding hydrogens is 262 g/mol. The average molecular weight is 291 g/mol. The number of nitrogen functional groups attached to an aromatic ring is 1. The number of hydrazine groups is 1. The third-order valence-electron chi connectivity index (χ3n) is 4.53. The molecule has 0 radical (unpaired) electrons. The highest BCUT2D eigenvalue weighted by atomic mass is 15.3. The van der Waals surface area contributed by atoms with Crippen LogP contribution in [0.4, 0.5) is 11.6 Å². The van der Waals surface area contributed by atoms with Gasteiger partial charge in [-0.15, -0.1) is 0 Å². The second-order valence-corrected chi connectivity index (χ2v) is 6.11. The van der Waals surface area contributed by atoms with Gasteiger partial charge < -0.3 is 10.7 Å². The minimum atomic E-state index is 0.530. The molecular formula is C16H29N5. The predicted octanol–water partition coefficient (Wildman–Crippen LogP) is 3.40. The lowest BCUT2D eigenvalue weighted by atomic mass is 9.83. The molecule has 1 aromatic heterocycles. The van der Waals surface area contributed by atoms with Crippen LogP contribution in [0.25, 0.3) is 0 Å². The van der Waals surface area contributed by atoms with E-state index in [9.17, 15) is 0 Å². The molecule has 21 heavy (non-hydrogen) atoms. The van der Waals surface area contributed by atoms with Crippen molar-refractivity contribution in [1.29, 1.82) is 0 Å². The third-order valence-corrected chi connectivity index (χ3v) is 4.53. The quantitative estimate of drug-likeness (QED) is 0.553. The van der Waals surface area contributed by atoms with E-state index in [-0.39, 0.29) is 0 Å². The lowest BCUT2D eigenvalue weighted by Gasteiger charge is -2.30. The van der Waals surface area contributed by atoms with E-state index in [1.54, 1.807) is 0 Å². The molecule has 118 valence electrons. The van der Waals surface area contributed by atoms with Crippen LogP contribution in [0.1, 0.15) is 63.8 Å². The Morgan fingerprint density at radius 1 is 1.10 bits per heavy atom. The summed E-state index contributed by atoms with van der Waals surface area (Å²) in [6, 6.07) is 0.530. The van der Waals surface area contributed by atoms with E-state index in [0.29, 0.717) is 6.04 Å². The Balaban J connectivity index is 2.03. The molecule has 5 heteroatoms. The maximum atomic E-state index is 5.56. The first-order valence-electron chi connectivity index (χ1n) is 8.28. The van der Waals surface area contributed by atoms with Gasteiger partial charge >= 0.3 is 0 Å². The molecule has 0 atom stereocenters. The number of hydrogen-bond donors (Lipinski definition) is 3. The average Bonchev–Trinajstić information content (AvgIpc) is 2.51. The zero-order valence-electron chi connectivity index (χ0n) is 13.6. The van der Waals surface area contributed by atoms with Gasteiger partial charge in [0.25, 0.3) is 0 Å². The molecule has 4 N–H and O–H groups in total. The van der Waals surface area contributed by atoms with Gasteiger partial charge in [-0.3, -0.25) is 0 Å². The Morgan fingerprint density at radius 3 is 2.33 bits per heavy atom. The van der Waals surface area contributed by atoms with Crippen molar-refractivity contribution in [3.63, 3.8) is 0 Å². The molecule has 0 saturated heterocycles. The predicted molar refractivity (Wildman–Crippen MR) is 88.2 cm³/mol. The van der Waals surface area contributed by atoms with Crippen molar-refractivity contribution in [3.05, 3.63) is 11.4 Å². The zero-order valence-corrected chi connectivity index (χ0v) is 13.6. The zero-order chi connectivity index (χ0) is 15.2. The van der Waals surface area contributed by atoms with Crippen LogP contribution in [-0.2, 0) is 6.42 Å². The number of nitrogens with zero attached hydrogens (tertiary/aromatic N) is 2. The molecule has 1 saturated carbocycles. The van der Waals surface area contributed by atoms with E-state index in [1.165, 1.54) is 38.5 Å². The molecule has 1 aromatic rings. The first kappa shape index (κ1) is 16.0. The minimum absolute atomic E-state index is 0.530. The summed E-state index contributed by atoms with van der Waals surface area (Å²) in [6.07, 6.45) is 8.63. The summed E-state index contributed by atoms with van der Waals surface area (Å²) < 4.78 is 0. The summed E-state index contributed by atoms with van der Waals surface area (Å²) in [7, 11) is 0. The molecule has 0 amide bonds. The second-order valence-electron chi connectivity index (χ2n) is 6.11. The fourth-order valence-electron chi connectivity index (χ4n) is 3.20. The number of aromatic nitrogens is 2. The smallest absolute Gasteiger partial charge is 0.148 e. The highest BCUT2D eigenvalue weighted by Crippen LogP contribution is 2.30. The van der Waals surface area contributed by atoms with Crippen molar-refractivity contribution in [3.8, 4) is 0 Å². The maximum Gasteiger partial charge on any atom is 0.148 e. The van der Waals surface area contributed by atoms with E-state index in [2.05, 4.69) is 34.6 Å². The molecule has 1 heterocycles. The number of hydrogen-bond acceptors (Lipinski definition) is 5. The number of nitrogens with one attached hydrogen (secondary N) is 2. The maximum absolute atomic E-state index is 5.56. The van der Waals surface area contributed by atoms with Crippen LogP contribution < -0.4 is 16.6 Å². The van der Waals surface area contributed by atoms with Crippen LogP contribution in [0.5, 0.6) is 0 Å². The molecule has 2 rings (SSSR count). The molecule has 1 aliphatic rings. The van der Waals surface area contributed by atoms with Gasteiger partial charge in [-0.1, -0.05) is 26.7 Å². The highest BCUT2D eigenvalue weighted by Gasteiger charge is 2.22. The molecule has 0 aromatic carbocycles. The van der Waals surface area contributed by atoms with E-state index >= 15 is 0 Å². The van der Waals surface area contributed by atoms with Gasteiger partial charge in [-0.25, -0.2) is 15.8 Å². The number of nitrogens with two attached hydrogens (primary N) is 1. The fourth-order valence-corrected chi connectivity index (χ4v) is 3.20. The lowest BCUT2D eigenvalue weighted by Crippen LogP contribution is -2.27. The summed E-state index contributed by atoms with van der Waals surface area (Å²) in [5.74, 6) is 8.98. The van der Waals surface area contributed by atoms with Crippen LogP contribution in [0.15, 0.2) is 0 Å². The van der Waals surface area contributed by atoms with Gasteiger partial charge in [0.05, 0.1) is 0 Å². The molecule has 0 spiro atoms. The highest BCUT2D eigenvalue weighted by molar-refractivity contribution is 5.57. The van der Waals surface area contributed by atoms with Crippen molar-refractivity contribution < 1.29 is 0 Å². The lowest BCUT2D eigenvalue weighted by molar-refractivity contribution is 0.318. The van der Waals surface area contributed by atoms with E-state index in [1.807, 2.05) is 6.92 Å². The van der Waals surface area contributed by atoms with Crippen molar-refractivity contribution in [2.24, 2.45) is 11.8 Å². The molecule has 5 nitrogen and oxygen atoms in total.